The largest absolute Gasteiger partial charge is 0.293 e. The number of benzene rings is 1. The molecule has 1 aromatic carbocycles. The molecule has 6 nitrogen and oxygen atoms in total. The van der Waals surface area contributed by atoms with Crippen molar-refractivity contribution >= 4 is 49.7 Å². The number of Topliss-reactive ketones (excluding diaryl/α,β-unsaturated/α-hetero) is 1. The molecule has 0 fully saturated rings. The van der Waals surface area contributed by atoms with Gasteiger partial charge < -0.3 is 0 Å². The van der Waals surface area contributed by atoms with E-state index in [1.807, 2.05) is 0 Å². The van der Waals surface area contributed by atoms with Gasteiger partial charge in [-0.3, -0.25) is 14.3 Å². The maximum absolute atomic E-state index is 12.4. The van der Waals surface area contributed by atoms with Gasteiger partial charge in [0.2, 0.25) is 0 Å². The molecule has 24 heavy (non-hydrogen) atoms. The third-order valence-corrected chi connectivity index (χ3v) is 6.85. The van der Waals surface area contributed by atoms with Gasteiger partial charge in [-0.1, -0.05) is 11.8 Å². The van der Waals surface area contributed by atoms with Gasteiger partial charge in [0.15, 0.2) is 15.1 Å². The Balaban J connectivity index is 2.12. The first-order valence-electron chi connectivity index (χ1n) is 6.92. The standard InChI is InChI=1S/C15H16N2O4S3/c1-9-15(23-10(2)16-9)24(20,21)17-13-6-4-12(5-7-13)14(19)8-22-11(3)18/h4-7,17H,8H2,1-3H3. The molecule has 0 atom stereocenters. The van der Waals surface area contributed by atoms with Crippen LogP contribution in [0.25, 0.3) is 0 Å². The number of rotatable bonds is 6. The molecule has 1 heterocycles. The smallest absolute Gasteiger partial charge is 0.273 e. The minimum absolute atomic E-state index is 0.0692. The molecule has 2 aromatic rings. The zero-order valence-electron chi connectivity index (χ0n) is 13.3. The molecular weight excluding hydrogens is 368 g/mol. The lowest BCUT2D eigenvalue weighted by Crippen LogP contribution is -2.13. The number of carbonyl (C=O) groups is 2. The van der Waals surface area contributed by atoms with Crippen LogP contribution in [-0.2, 0) is 14.8 Å². The van der Waals surface area contributed by atoms with E-state index in [0.717, 1.165) is 23.1 Å². The van der Waals surface area contributed by atoms with Crippen molar-refractivity contribution in [3.05, 3.63) is 40.5 Å². The lowest BCUT2D eigenvalue weighted by Gasteiger charge is -2.07. The first-order valence-corrected chi connectivity index (χ1v) is 10.2. The lowest BCUT2D eigenvalue weighted by molar-refractivity contribution is -0.109. The predicted octanol–water partition coefficient (Wildman–Crippen LogP) is 3.02. The number of hydrogen-bond donors (Lipinski definition) is 1. The zero-order valence-corrected chi connectivity index (χ0v) is 15.8. The van der Waals surface area contributed by atoms with Gasteiger partial charge >= 0.3 is 0 Å². The summed E-state index contributed by atoms with van der Waals surface area (Å²) in [5, 5.41) is 0.555. The molecule has 0 spiro atoms. The number of nitrogens with zero attached hydrogens (tertiary/aromatic N) is 1. The van der Waals surface area contributed by atoms with Gasteiger partial charge in [0, 0.05) is 18.2 Å². The summed E-state index contributed by atoms with van der Waals surface area (Å²) in [7, 11) is -3.71. The van der Waals surface area contributed by atoms with Crippen LogP contribution in [0.1, 0.15) is 28.0 Å². The van der Waals surface area contributed by atoms with Crippen molar-refractivity contribution in [2.45, 2.75) is 25.0 Å². The number of aromatic nitrogens is 1. The molecule has 1 N–H and O–H groups in total. The van der Waals surface area contributed by atoms with Crippen LogP contribution in [0.15, 0.2) is 28.5 Å². The highest BCUT2D eigenvalue weighted by Gasteiger charge is 2.21. The van der Waals surface area contributed by atoms with Gasteiger partial charge in [0.25, 0.3) is 10.0 Å². The average Bonchev–Trinajstić information content (AvgIpc) is 2.85. The van der Waals surface area contributed by atoms with E-state index in [1.165, 1.54) is 31.2 Å². The van der Waals surface area contributed by atoms with E-state index in [-0.39, 0.29) is 20.9 Å². The highest BCUT2D eigenvalue weighted by atomic mass is 32.2. The van der Waals surface area contributed by atoms with Crippen molar-refractivity contribution in [3.63, 3.8) is 0 Å². The number of carbonyl (C=O) groups excluding carboxylic acids is 2. The molecule has 0 unspecified atom stereocenters. The fraction of sp³-hybridized carbons (Fsp3) is 0.267. The maximum Gasteiger partial charge on any atom is 0.273 e. The number of sulfonamides is 1. The number of thioether (sulfide) groups is 1. The number of ketones is 1. The molecule has 0 radical (unpaired) electrons. The minimum atomic E-state index is -3.71. The molecule has 0 aliphatic carbocycles. The SMILES string of the molecule is CC(=O)SCC(=O)c1ccc(NS(=O)(=O)c2sc(C)nc2C)cc1. The van der Waals surface area contributed by atoms with Crippen molar-refractivity contribution < 1.29 is 18.0 Å². The summed E-state index contributed by atoms with van der Waals surface area (Å²) in [5.74, 6) is -0.113. The Morgan fingerprint density at radius 1 is 1.21 bits per heavy atom. The monoisotopic (exact) mass is 384 g/mol. The third kappa shape index (κ3) is 4.65. The Bertz CT molecular complexity index is 871. The Labute approximate surface area is 148 Å². The van der Waals surface area contributed by atoms with Gasteiger partial charge in [-0.15, -0.1) is 11.3 Å². The number of nitrogens with one attached hydrogen (secondary N) is 1. The number of hydrogen-bond acceptors (Lipinski definition) is 7. The molecule has 0 bridgehead atoms. The topological polar surface area (TPSA) is 93.2 Å². The summed E-state index contributed by atoms with van der Waals surface area (Å²) in [5.41, 5.74) is 1.24. The molecule has 0 saturated carbocycles. The van der Waals surface area contributed by atoms with Crippen LogP contribution in [0.4, 0.5) is 5.69 Å². The number of aryl methyl sites for hydroxylation is 2. The van der Waals surface area contributed by atoms with Gasteiger partial charge in [0.1, 0.15) is 0 Å². The zero-order chi connectivity index (χ0) is 17.9. The summed E-state index contributed by atoms with van der Waals surface area (Å²) in [4.78, 5) is 26.9. The van der Waals surface area contributed by atoms with E-state index in [4.69, 9.17) is 0 Å². The van der Waals surface area contributed by atoms with Crippen LogP contribution in [0, 0.1) is 13.8 Å². The van der Waals surface area contributed by atoms with Crippen molar-refractivity contribution in [1.82, 2.24) is 4.98 Å². The Morgan fingerprint density at radius 2 is 1.83 bits per heavy atom. The highest BCUT2D eigenvalue weighted by molar-refractivity contribution is 8.14. The van der Waals surface area contributed by atoms with Crippen molar-refractivity contribution in [2.24, 2.45) is 0 Å². The van der Waals surface area contributed by atoms with Crippen LogP contribution in [0.2, 0.25) is 0 Å². The number of thiazole rings is 1. The quantitative estimate of drug-likeness (QED) is 0.770. The van der Waals surface area contributed by atoms with Gasteiger partial charge in [-0.05, 0) is 38.1 Å². The minimum Gasteiger partial charge on any atom is -0.293 e. The van der Waals surface area contributed by atoms with E-state index < -0.39 is 10.0 Å². The maximum atomic E-state index is 12.4. The second-order valence-electron chi connectivity index (χ2n) is 4.99. The van der Waals surface area contributed by atoms with E-state index in [1.54, 1.807) is 13.8 Å². The normalized spacial score (nSPS) is 11.3. The molecular formula is C15H16N2O4S3. The Morgan fingerprint density at radius 3 is 2.33 bits per heavy atom. The average molecular weight is 385 g/mol. The van der Waals surface area contributed by atoms with Crippen LogP contribution in [0.5, 0.6) is 0 Å². The molecule has 0 amide bonds. The molecule has 128 valence electrons. The first-order chi connectivity index (χ1) is 11.2. The van der Waals surface area contributed by atoms with Crippen LogP contribution in [0.3, 0.4) is 0 Å². The summed E-state index contributed by atoms with van der Waals surface area (Å²) >= 11 is 2.05. The molecule has 9 heteroatoms. The molecule has 0 aliphatic rings. The van der Waals surface area contributed by atoms with Crippen LogP contribution in [-0.4, -0.2) is 30.1 Å². The molecule has 1 aromatic heterocycles. The Kier molecular flexibility index (Phi) is 5.79. The lowest BCUT2D eigenvalue weighted by atomic mass is 10.1. The predicted molar refractivity (Wildman–Crippen MR) is 96.3 cm³/mol. The molecule has 0 saturated heterocycles. The van der Waals surface area contributed by atoms with Crippen LogP contribution < -0.4 is 4.72 Å². The van der Waals surface area contributed by atoms with Crippen molar-refractivity contribution in [1.29, 1.82) is 0 Å². The summed E-state index contributed by atoms with van der Waals surface area (Å²) in [6, 6.07) is 6.11. The Hall–Kier alpha value is -1.71. The van der Waals surface area contributed by atoms with E-state index >= 15 is 0 Å². The van der Waals surface area contributed by atoms with Crippen molar-refractivity contribution in [3.8, 4) is 0 Å². The summed E-state index contributed by atoms with van der Waals surface area (Å²) < 4.78 is 27.4. The number of anilines is 1. The van der Waals surface area contributed by atoms with E-state index in [0.29, 0.717) is 22.0 Å². The fourth-order valence-corrected chi connectivity index (χ4v) is 4.98. The first kappa shape index (κ1) is 18.6. The van der Waals surface area contributed by atoms with Crippen molar-refractivity contribution in [2.75, 3.05) is 10.5 Å². The second kappa shape index (κ2) is 7.45. The van der Waals surface area contributed by atoms with Crippen LogP contribution >= 0.6 is 23.1 Å². The third-order valence-electron chi connectivity index (χ3n) is 2.97. The molecule has 2 rings (SSSR count). The second-order valence-corrected chi connectivity index (χ2v) is 9.23. The van der Waals surface area contributed by atoms with Gasteiger partial charge in [-0.25, -0.2) is 13.4 Å². The molecule has 0 aliphatic heterocycles. The van der Waals surface area contributed by atoms with Gasteiger partial charge in [0.05, 0.1) is 16.5 Å². The van der Waals surface area contributed by atoms with Gasteiger partial charge in [-0.2, -0.15) is 0 Å². The highest BCUT2D eigenvalue weighted by Crippen LogP contribution is 2.25. The summed E-state index contributed by atoms with van der Waals surface area (Å²) in [6.07, 6.45) is 0. The van der Waals surface area contributed by atoms with E-state index in [2.05, 4.69) is 9.71 Å². The fourth-order valence-electron chi connectivity index (χ4n) is 1.94. The van der Waals surface area contributed by atoms with E-state index in [9.17, 15) is 18.0 Å². The summed E-state index contributed by atoms with van der Waals surface area (Å²) in [6.45, 7) is 4.79.